The molecule has 0 fully saturated rings. The third-order valence-corrected chi connectivity index (χ3v) is 1.92. The quantitative estimate of drug-likeness (QED) is 0.658. The van der Waals surface area contributed by atoms with E-state index in [0.717, 1.165) is 6.54 Å². The second-order valence-corrected chi connectivity index (χ2v) is 3.53. The molecule has 2 nitrogen and oxygen atoms in total. The van der Waals surface area contributed by atoms with Crippen molar-refractivity contribution < 1.29 is 4.74 Å². The lowest BCUT2D eigenvalue weighted by atomic mass is 10.1. The van der Waals surface area contributed by atoms with Crippen LogP contribution in [0.5, 0.6) is 0 Å². The molecule has 0 radical (unpaired) electrons. The van der Waals surface area contributed by atoms with E-state index >= 15 is 0 Å². The van der Waals surface area contributed by atoms with E-state index in [9.17, 15) is 0 Å². The van der Waals surface area contributed by atoms with Crippen molar-refractivity contribution in [3.63, 3.8) is 0 Å². The van der Waals surface area contributed by atoms with Gasteiger partial charge in [0.2, 0.25) is 0 Å². The molecule has 0 aliphatic carbocycles. The molecule has 2 unspecified atom stereocenters. The summed E-state index contributed by atoms with van der Waals surface area (Å²) in [5, 5.41) is 3.41. The highest BCUT2D eigenvalue weighted by Gasteiger charge is 2.09. The summed E-state index contributed by atoms with van der Waals surface area (Å²) in [5.41, 5.74) is 0. The lowest BCUT2D eigenvalue weighted by molar-refractivity contribution is 0.0878. The van der Waals surface area contributed by atoms with Gasteiger partial charge in [0.25, 0.3) is 0 Å². The average Bonchev–Trinajstić information content (AvgIpc) is 1.98. The zero-order chi connectivity index (χ0) is 8.85. The molecule has 0 spiro atoms. The fourth-order valence-corrected chi connectivity index (χ4v) is 0.792. The summed E-state index contributed by atoms with van der Waals surface area (Å²) in [4.78, 5) is 0. The van der Waals surface area contributed by atoms with Gasteiger partial charge in [0, 0.05) is 13.2 Å². The molecule has 0 bridgehead atoms. The zero-order valence-corrected chi connectivity index (χ0v) is 8.35. The highest BCUT2D eigenvalue weighted by Crippen LogP contribution is 1.97. The van der Waals surface area contributed by atoms with Gasteiger partial charge in [-0.1, -0.05) is 13.8 Å². The second kappa shape index (κ2) is 5.56. The molecule has 0 aliphatic rings. The molecule has 0 aromatic carbocycles. The van der Waals surface area contributed by atoms with Gasteiger partial charge in [-0.05, 0) is 26.3 Å². The predicted octanol–water partition coefficient (Wildman–Crippen LogP) is 1.66. The third-order valence-electron chi connectivity index (χ3n) is 1.92. The Hall–Kier alpha value is -0.0800. The molecule has 1 N–H and O–H groups in total. The van der Waals surface area contributed by atoms with Gasteiger partial charge in [0.1, 0.15) is 0 Å². The summed E-state index contributed by atoms with van der Waals surface area (Å²) in [6, 6.07) is 0.447. The van der Waals surface area contributed by atoms with Gasteiger partial charge >= 0.3 is 0 Å². The van der Waals surface area contributed by atoms with Crippen LogP contribution in [0.2, 0.25) is 0 Å². The minimum Gasteiger partial charge on any atom is -0.380 e. The Morgan fingerprint density at radius 1 is 1.18 bits per heavy atom. The highest BCUT2D eigenvalue weighted by atomic mass is 16.5. The lowest BCUT2D eigenvalue weighted by Gasteiger charge is -2.20. The van der Waals surface area contributed by atoms with Crippen molar-refractivity contribution in [3.8, 4) is 0 Å². The van der Waals surface area contributed by atoms with E-state index < -0.39 is 0 Å². The number of nitrogens with one attached hydrogen (secondary N) is 1. The zero-order valence-electron chi connectivity index (χ0n) is 8.35. The van der Waals surface area contributed by atoms with Crippen LogP contribution in [0.1, 0.15) is 27.7 Å². The van der Waals surface area contributed by atoms with Crippen LogP contribution in [0.15, 0.2) is 0 Å². The summed E-state index contributed by atoms with van der Waals surface area (Å²) in [7, 11) is 1.75. The van der Waals surface area contributed by atoms with E-state index in [-0.39, 0.29) is 0 Å². The van der Waals surface area contributed by atoms with Crippen LogP contribution in [-0.2, 0) is 4.74 Å². The van der Waals surface area contributed by atoms with Crippen LogP contribution in [0.3, 0.4) is 0 Å². The molecule has 0 saturated carbocycles. The Morgan fingerprint density at radius 2 is 1.73 bits per heavy atom. The molecule has 0 amide bonds. The van der Waals surface area contributed by atoms with Crippen molar-refractivity contribution in [1.82, 2.24) is 5.32 Å². The SMILES string of the molecule is COC(C)C(C)NCC(C)C. The molecule has 0 rings (SSSR count). The molecule has 0 heterocycles. The van der Waals surface area contributed by atoms with Crippen molar-refractivity contribution in [2.24, 2.45) is 5.92 Å². The number of rotatable bonds is 5. The summed E-state index contributed by atoms with van der Waals surface area (Å²) in [5.74, 6) is 0.710. The van der Waals surface area contributed by atoms with Crippen molar-refractivity contribution in [2.45, 2.75) is 39.8 Å². The van der Waals surface area contributed by atoms with E-state index in [1.54, 1.807) is 7.11 Å². The van der Waals surface area contributed by atoms with Crippen LogP contribution in [0, 0.1) is 5.92 Å². The van der Waals surface area contributed by atoms with E-state index in [4.69, 9.17) is 4.74 Å². The normalized spacial score (nSPS) is 16.9. The minimum absolute atomic E-state index is 0.300. The molecule has 11 heavy (non-hydrogen) atoms. The Labute approximate surface area is 70.3 Å². The number of hydrogen-bond donors (Lipinski definition) is 1. The smallest absolute Gasteiger partial charge is 0.0693 e. The third kappa shape index (κ3) is 5.22. The standard InChI is InChI=1S/C9H21NO/c1-7(2)6-10-8(3)9(4)11-5/h7-10H,6H2,1-5H3. The second-order valence-electron chi connectivity index (χ2n) is 3.53. The van der Waals surface area contributed by atoms with Crippen molar-refractivity contribution in [2.75, 3.05) is 13.7 Å². The molecule has 68 valence electrons. The Bertz CT molecular complexity index is 93.6. The lowest BCUT2D eigenvalue weighted by Crippen LogP contribution is -2.38. The maximum Gasteiger partial charge on any atom is 0.0693 e. The van der Waals surface area contributed by atoms with Gasteiger partial charge in [0.05, 0.1) is 6.10 Å². The minimum atomic E-state index is 0.300. The first-order valence-corrected chi connectivity index (χ1v) is 4.34. The van der Waals surface area contributed by atoms with Gasteiger partial charge < -0.3 is 10.1 Å². The van der Waals surface area contributed by atoms with E-state index in [2.05, 4.69) is 33.0 Å². The van der Waals surface area contributed by atoms with Crippen LogP contribution in [0.4, 0.5) is 0 Å². The monoisotopic (exact) mass is 159 g/mol. The van der Waals surface area contributed by atoms with Crippen molar-refractivity contribution in [3.05, 3.63) is 0 Å². The first kappa shape index (κ1) is 10.9. The van der Waals surface area contributed by atoms with Gasteiger partial charge in [-0.25, -0.2) is 0 Å². The van der Waals surface area contributed by atoms with Gasteiger partial charge in [0.15, 0.2) is 0 Å². The van der Waals surface area contributed by atoms with E-state index in [1.165, 1.54) is 0 Å². The fourth-order valence-electron chi connectivity index (χ4n) is 0.792. The first-order chi connectivity index (χ1) is 5.07. The maximum absolute atomic E-state index is 5.18. The van der Waals surface area contributed by atoms with E-state index in [0.29, 0.717) is 18.1 Å². The van der Waals surface area contributed by atoms with Crippen LogP contribution < -0.4 is 5.32 Å². The average molecular weight is 159 g/mol. The van der Waals surface area contributed by atoms with E-state index in [1.807, 2.05) is 0 Å². The van der Waals surface area contributed by atoms with Gasteiger partial charge in [-0.3, -0.25) is 0 Å². The molecular formula is C9H21NO. The Kier molecular flexibility index (Phi) is 5.51. The molecule has 0 aliphatic heterocycles. The molecule has 0 saturated heterocycles. The number of ether oxygens (including phenoxy) is 1. The number of methoxy groups -OCH3 is 1. The van der Waals surface area contributed by atoms with Crippen LogP contribution in [-0.4, -0.2) is 25.8 Å². The summed E-state index contributed by atoms with van der Waals surface area (Å²) in [6.45, 7) is 9.71. The van der Waals surface area contributed by atoms with Crippen molar-refractivity contribution in [1.29, 1.82) is 0 Å². The maximum atomic E-state index is 5.18. The predicted molar refractivity (Wildman–Crippen MR) is 48.8 cm³/mol. The highest BCUT2D eigenvalue weighted by molar-refractivity contribution is 4.68. The molecule has 0 aromatic rings. The molecule has 2 atom stereocenters. The van der Waals surface area contributed by atoms with Gasteiger partial charge in [-0.2, -0.15) is 0 Å². The Balaban J connectivity index is 3.43. The molecular weight excluding hydrogens is 138 g/mol. The summed E-state index contributed by atoms with van der Waals surface area (Å²) < 4.78 is 5.18. The van der Waals surface area contributed by atoms with Crippen molar-refractivity contribution >= 4 is 0 Å². The summed E-state index contributed by atoms with van der Waals surface area (Å²) in [6.07, 6.45) is 0.300. The van der Waals surface area contributed by atoms with Gasteiger partial charge in [-0.15, -0.1) is 0 Å². The number of hydrogen-bond acceptors (Lipinski definition) is 2. The largest absolute Gasteiger partial charge is 0.380 e. The topological polar surface area (TPSA) is 21.3 Å². The van der Waals surface area contributed by atoms with Crippen LogP contribution in [0.25, 0.3) is 0 Å². The fraction of sp³-hybridized carbons (Fsp3) is 1.00. The summed E-state index contributed by atoms with van der Waals surface area (Å²) >= 11 is 0. The molecule has 2 heteroatoms. The van der Waals surface area contributed by atoms with Crippen LogP contribution >= 0.6 is 0 Å². The molecule has 0 aromatic heterocycles. The Morgan fingerprint density at radius 3 is 2.09 bits per heavy atom. The first-order valence-electron chi connectivity index (χ1n) is 4.34.